The molecule has 7 heteroatoms. The van der Waals surface area contributed by atoms with Gasteiger partial charge in [-0.1, -0.05) is 0 Å². The molecule has 0 unspecified atom stereocenters. The number of pyridine rings is 1. The Labute approximate surface area is 86.2 Å². The van der Waals surface area contributed by atoms with Gasteiger partial charge in [-0.25, -0.2) is 13.8 Å². The zero-order valence-corrected chi connectivity index (χ0v) is 8.59. The van der Waals surface area contributed by atoms with Gasteiger partial charge in [0.15, 0.2) is 5.69 Å². The highest BCUT2D eigenvalue weighted by Crippen LogP contribution is 2.33. The maximum absolute atomic E-state index is 12.4. The summed E-state index contributed by atoms with van der Waals surface area (Å²) in [5.41, 5.74) is -1.18. The SMILES string of the molecule is Cc1cc(Br)c([N+](=O)[O-])c(C(F)F)n1. The van der Waals surface area contributed by atoms with Crippen LogP contribution in [0, 0.1) is 17.0 Å². The normalized spacial score (nSPS) is 10.6. The molecule has 0 saturated carbocycles. The van der Waals surface area contributed by atoms with Crippen LogP contribution in [0.15, 0.2) is 10.5 Å². The minimum absolute atomic E-state index is 0.0188. The first-order valence-electron chi connectivity index (χ1n) is 3.53. The van der Waals surface area contributed by atoms with Gasteiger partial charge >= 0.3 is 5.69 Å². The highest BCUT2D eigenvalue weighted by molar-refractivity contribution is 9.10. The zero-order valence-electron chi connectivity index (χ0n) is 7.00. The number of nitrogens with zero attached hydrogens (tertiary/aromatic N) is 2. The molecule has 0 radical (unpaired) electrons. The van der Waals surface area contributed by atoms with E-state index in [0.29, 0.717) is 5.69 Å². The lowest BCUT2D eigenvalue weighted by molar-refractivity contribution is -0.387. The standard InChI is InChI=1S/C7H5BrF2N2O2/c1-3-2-4(8)6(12(13)14)5(11-3)7(9)10/h2,7H,1H3. The molecule has 76 valence electrons. The van der Waals surface area contributed by atoms with Gasteiger partial charge in [0.25, 0.3) is 6.43 Å². The van der Waals surface area contributed by atoms with Crippen molar-refractivity contribution >= 4 is 21.6 Å². The van der Waals surface area contributed by atoms with E-state index in [-0.39, 0.29) is 4.47 Å². The van der Waals surface area contributed by atoms with Gasteiger partial charge in [0.2, 0.25) is 0 Å². The van der Waals surface area contributed by atoms with E-state index < -0.39 is 22.7 Å². The maximum atomic E-state index is 12.4. The maximum Gasteiger partial charge on any atom is 0.310 e. The fraction of sp³-hybridized carbons (Fsp3) is 0.286. The van der Waals surface area contributed by atoms with E-state index in [0.717, 1.165) is 0 Å². The third-order valence-corrected chi connectivity index (χ3v) is 2.10. The van der Waals surface area contributed by atoms with Gasteiger partial charge in [0.1, 0.15) is 0 Å². The monoisotopic (exact) mass is 266 g/mol. The summed E-state index contributed by atoms with van der Waals surface area (Å²) in [5.74, 6) is 0. The van der Waals surface area contributed by atoms with Crippen LogP contribution in [-0.4, -0.2) is 9.91 Å². The summed E-state index contributed by atoms with van der Waals surface area (Å²) in [4.78, 5) is 13.0. The first-order chi connectivity index (χ1) is 6.43. The number of aromatic nitrogens is 1. The Morgan fingerprint density at radius 2 is 2.21 bits per heavy atom. The average molecular weight is 267 g/mol. The Kier molecular flexibility index (Phi) is 3.10. The lowest BCUT2D eigenvalue weighted by atomic mass is 10.2. The fourth-order valence-electron chi connectivity index (χ4n) is 0.982. The van der Waals surface area contributed by atoms with Crippen molar-refractivity contribution in [3.05, 3.63) is 32.0 Å². The molecule has 0 bridgehead atoms. The van der Waals surface area contributed by atoms with E-state index in [1.165, 1.54) is 13.0 Å². The summed E-state index contributed by atoms with van der Waals surface area (Å²) in [6.45, 7) is 1.49. The predicted molar refractivity (Wildman–Crippen MR) is 48.3 cm³/mol. The quantitative estimate of drug-likeness (QED) is 0.611. The minimum Gasteiger partial charge on any atom is -0.258 e. The number of hydrogen-bond acceptors (Lipinski definition) is 3. The molecule has 0 aromatic carbocycles. The van der Waals surface area contributed by atoms with Crippen molar-refractivity contribution in [1.82, 2.24) is 4.98 Å². The Hall–Kier alpha value is -1.11. The average Bonchev–Trinajstić information content (AvgIpc) is 2.01. The summed E-state index contributed by atoms with van der Waals surface area (Å²) in [6, 6.07) is 1.32. The summed E-state index contributed by atoms with van der Waals surface area (Å²) in [7, 11) is 0. The highest BCUT2D eigenvalue weighted by Gasteiger charge is 2.26. The van der Waals surface area contributed by atoms with Gasteiger partial charge < -0.3 is 0 Å². The molecule has 0 aliphatic rings. The summed E-state index contributed by atoms with van der Waals surface area (Å²) < 4.78 is 24.7. The fourth-order valence-corrected chi connectivity index (χ4v) is 1.66. The van der Waals surface area contributed by atoms with Crippen molar-refractivity contribution < 1.29 is 13.7 Å². The third kappa shape index (κ3) is 2.03. The van der Waals surface area contributed by atoms with E-state index in [4.69, 9.17) is 0 Å². The second-order valence-electron chi connectivity index (χ2n) is 2.54. The summed E-state index contributed by atoms with van der Waals surface area (Å²) in [5, 5.41) is 10.5. The van der Waals surface area contributed by atoms with Crippen LogP contribution in [0.25, 0.3) is 0 Å². The predicted octanol–water partition coefficient (Wildman–Crippen LogP) is 3.00. The van der Waals surface area contributed by atoms with E-state index >= 15 is 0 Å². The molecule has 0 saturated heterocycles. The highest BCUT2D eigenvalue weighted by atomic mass is 79.9. The van der Waals surface area contributed by atoms with Crippen LogP contribution in [-0.2, 0) is 0 Å². The molecule has 1 aromatic rings. The largest absolute Gasteiger partial charge is 0.310 e. The molecule has 0 amide bonds. The van der Waals surface area contributed by atoms with Crippen LogP contribution in [0.3, 0.4) is 0 Å². The first-order valence-corrected chi connectivity index (χ1v) is 4.32. The summed E-state index contributed by atoms with van der Waals surface area (Å²) >= 11 is 2.85. The number of halogens is 3. The van der Waals surface area contributed by atoms with Crippen molar-refractivity contribution in [2.75, 3.05) is 0 Å². The second kappa shape index (κ2) is 3.95. The van der Waals surface area contributed by atoms with Crippen molar-refractivity contribution in [3.63, 3.8) is 0 Å². The molecule has 14 heavy (non-hydrogen) atoms. The smallest absolute Gasteiger partial charge is 0.258 e. The zero-order chi connectivity index (χ0) is 10.9. The van der Waals surface area contributed by atoms with E-state index in [1.54, 1.807) is 0 Å². The molecule has 0 fully saturated rings. The van der Waals surface area contributed by atoms with E-state index in [9.17, 15) is 18.9 Å². The molecule has 0 aliphatic heterocycles. The van der Waals surface area contributed by atoms with Crippen LogP contribution >= 0.6 is 15.9 Å². The molecular formula is C7H5BrF2N2O2. The molecule has 4 nitrogen and oxygen atoms in total. The van der Waals surface area contributed by atoms with Crippen molar-refractivity contribution in [1.29, 1.82) is 0 Å². The van der Waals surface area contributed by atoms with Crippen LogP contribution in [0.2, 0.25) is 0 Å². The van der Waals surface area contributed by atoms with Crippen LogP contribution < -0.4 is 0 Å². The topological polar surface area (TPSA) is 56.0 Å². The lowest BCUT2D eigenvalue weighted by Crippen LogP contribution is -2.01. The molecule has 1 rings (SSSR count). The second-order valence-corrected chi connectivity index (χ2v) is 3.39. The van der Waals surface area contributed by atoms with Gasteiger partial charge in [-0.3, -0.25) is 10.1 Å². The van der Waals surface area contributed by atoms with Crippen LogP contribution in [0.1, 0.15) is 17.8 Å². The first kappa shape index (κ1) is 11.0. The molecular weight excluding hydrogens is 262 g/mol. The molecule has 0 atom stereocenters. The molecule has 0 spiro atoms. The lowest BCUT2D eigenvalue weighted by Gasteiger charge is -2.03. The van der Waals surface area contributed by atoms with Gasteiger partial charge in [-0.2, -0.15) is 0 Å². The van der Waals surface area contributed by atoms with Crippen molar-refractivity contribution in [2.45, 2.75) is 13.3 Å². The Bertz CT molecular complexity index is 384. The molecule has 1 aromatic heterocycles. The third-order valence-electron chi connectivity index (χ3n) is 1.49. The summed E-state index contributed by atoms with van der Waals surface area (Å²) in [6.07, 6.45) is -2.95. The number of nitro groups is 1. The van der Waals surface area contributed by atoms with Gasteiger partial charge in [-0.15, -0.1) is 0 Å². The van der Waals surface area contributed by atoms with Crippen LogP contribution in [0.5, 0.6) is 0 Å². The van der Waals surface area contributed by atoms with Gasteiger partial charge in [0.05, 0.1) is 9.40 Å². The molecule has 0 N–H and O–H groups in total. The van der Waals surface area contributed by atoms with Crippen LogP contribution in [0.4, 0.5) is 14.5 Å². The Balaban J connectivity index is 3.44. The molecule has 0 aliphatic carbocycles. The number of alkyl halides is 2. The molecule has 1 heterocycles. The Morgan fingerprint density at radius 3 is 2.64 bits per heavy atom. The van der Waals surface area contributed by atoms with Crippen molar-refractivity contribution in [3.8, 4) is 0 Å². The van der Waals surface area contributed by atoms with Crippen molar-refractivity contribution in [2.24, 2.45) is 0 Å². The Morgan fingerprint density at radius 1 is 1.64 bits per heavy atom. The number of hydrogen-bond donors (Lipinski definition) is 0. The van der Waals surface area contributed by atoms with Gasteiger partial charge in [-0.05, 0) is 28.9 Å². The number of aryl methyl sites for hydroxylation is 1. The minimum atomic E-state index is -2.95. The van der Waals surface area contributed by atoms with E-state index in [1.807, 2.05) is 0 Å². The van der Waals surface area contributed by atoms with E-state index in [2.05, 4.69) is 20.9 Å². The number of rotatable bonds is 2. The van der Waals surface area contributed by atoms with Gasteiger partial charge in [0, 0.05) is 5.69 Å².